The number of nitrogens with zero attached hydrogens (tertiary/aromatic N) is 1. The molecule has 0 spiro atoms. The molecular weight excluding hydrogens is 414 g/mol. The van der Waals surface area contributed by atoms with Crippen LogP contribution in [-0.4, -0.2) is 33.0 Å². The summed E-state index contributed by atoms with van der Waals surface area (Å²) in [6.07, 6.45) is 11.1. The molecule has 0 saturated heterocycles. The SMILES string of the molecule is C=C/C(=C\C=C/C)CC(NC(=O)c1cccc2[nH]ccc12)C(=O)Nc1cccc2[nH]ncc12. The number of nitrogens with one attached hydrogen (secondary N) is 4. The molecule has 1 unspecified atom stereocenters. The first kappa shape index (κ1) is 21.8. The molecule has 0 radical (unpaired) electrons. The summed E-state index contributed by atoms with van der Waals surface area (Å²) in [5.74, 6) is -0.650. The number of anilines is 1. The molecule has 33 heavy (non-hydrogen) atoms. The van der Waals surface area contributed by atoms with Gasteiger partial charge in [-0.3, -0.25) is 14.7 Å². The summed E-state index contributed by atoms with van der Waals surface area (Å²) < 4.78 is 0. The second-order valence-corrected chi connectivity index (χ2v) is 7.57. The molecule has 1 atom stereocenters. The summed E-state index contributed by atoms with van der Waals surface area (Å²) in [5, 5.41) is 14.4. The number of aromatic amines is 2. The van der Waals surface area contributed by atoms with Crippen molar-refractivity contribution < 1.29 is 9.59 Å². The lowest BCUT2D eigenvalue weighted by Crippen LogP contribution is -2.44. The summed E-state index contributed by atoms with van der Waals surface area (Å²) in [6.45, 7) is 5.76. The molecule has 0 aliphatic carbocycles. The monoisotopic (exact) mass is 439 g/mol. The van der Waals surface area contributed by atoms with Gasteiger partial charge < -0.3 is 15.6 Å². The maximum atomic E-state index is 13.3. The summed E-state index contributed by atoms with van der Waals surface area (Å²) in [7, 11) is 0. The Hall–Kier alpha value is -4.39. The normalized spacial score (nSPS) is 12.8. The minimum atomic E-state index is -0.816. The first-order chi connectivity index (χ1) is 16.1. The lowest BCUT2D eigenvalue weighted by molar-refractivity contribution is -0.117. The van der Waals surface area contributed by atoms with Gasteiger partial charge in [0.05, 0.1) is 17.4 Å². The van der Waals surface area contributed by atoms with Crippen LogP contribution in [0.5, 0.6) is 0 Å². The molecule has 7 nitrogen and oxygen atoms in total. The zero-order chi connectivity index (χ0) is 23.2. The zero-order valence-electron chi connectivity index (χ0n) is 18.3. The highest BCUT2D eigenvalue weighted by atomic mass is 16.2. The van der Waals surface area contributed by atoms with Crippen molar-refractivity contribution in [3.05, 3.63) is 96.9 Å². The van der Waals surface area contributed by atoms with Crippen LogP contribution in [-0.2, 0) is 4.79 Å². The predicted molar refractivity (Wildman–Crippen MR) is 132 cm³/mol. The van der Waals surface area contributed by atoms with Gasteiger partial charge in [0.1, 0.15) is 6.04 Å². The number of H-pyrrole nitrogens is 2. The average Bonchev–Trinajstić information content (AvgIpc) is 3.50. The van der Waals surface area contributed by atoms with Gasteiger partial charge in [0.15, 0.2) is 0 Å². The molecule has 166 valence electrons. The number of aromatic nitrogens is 3. The minimum absolute atomic E-state index is 0.288. The van der Waals surface area contributed by atoms with Gasteiger partial charge >= 0.3 is 0 Å². The quantitative estimate of drug-likeness (QED) is 0.295. The van der Waals surface area contributed by atoms with Gasteiger partial charge in [-0.05, 0) is 42.8 Å². The van der Waals surface area contributed by atoms with Crippen LogP contribution in [0.4, 0.5) is 5.69 Å². The van der Waals surface area contributed by atoms with Crippen molar-refractivity contribution in [1.29, 1.82) is 0 Å². The van der Waals surface area contributed by atoms with E-state index in [0.717, 1.165) is 27.4 Å². The average molecular weight is 440 g/mol. The second kappa shape index (κ2) is 9.82. The van der Waals surface area contributed by atoms with E-state index in [1.807, 2.05) is 55.5 Å². The third kappa shape index (κ3) is 4.77. The molecule has 2 amide bonds. The number of fused-ring (bicyclic) bond motifs is 2. The molecule has 4 aromatic rings. The van der Waals surface area contributed by atoms with Crippen LogP contribution in [0.25, 0.3) is 21.8 Å². The number of amides is 2. The van der Waals surface area contributed by atoms with E-state index >= 15 is 0 Å². The molecule has 0 aliphatic heterocycles. The molecule has 0 fully saturated rings. The molecule has 0 bridgehead atoms. The molecule has 4 N–H and O–H groups in total. The largest absolute Gasteiger partial charge is 0.361 e. The molecular formula is C26H25N5O2. The maximum Gasteiger partial charge on any atom is 0.252 e. The third-order valence-electron chi connectivity index (χ3n) is 5.41. The lowest BCUT2D eigenvalue weighted by Gasteiger charge is -2.20. The van der Waals surface area contributed by atoms with Crippen LogP contribution in [0, 0.1) is 0 Å². The van der Waals surface area contributed by atoms with Crippen LogP contribution >= 0.6 is 0 Å². The zero-order valence-corrected chi connectivity index (χ0v) is 18.3. The van der Waals surface area contributed by atoms with Gasteiger partial charge in [-0.1, -0.05) is 43.0 Å². The topological polar surface area (TPSA) is 103 Å². The van der Waals surface area contributed by atoms with E-state index in [4.69, 9.17) is 0 Å². The van der Waals surface area contributed by atoms with Crippen LogP contribution in [0.15, 0.2) is 91.3 Å². The summed E-state index contributed by atoms with van der Waals surface area (Å²) in [6, 6.07) is 12.0. The number of benzene rings is 2. The van der Waals surface area contributed by atoms with Gasteiger partial charge in [0.25, 0.3) is 5.91 Å². The fourth-order valence-corrected chi connectivity index (χ4v) is 3.70. The van der Waals surface area contributed by atoms with E-state index in [-0.39, 0.29) is 18.2 Å². The maximum absolute atomic E-state index is 13.3. The fraction of sp³-hybridized carbons (Fsp3) is 0.115. The molecule has 4 rings (SSSR count). The van der Waals surface area contributed by atoms with Crippen LogP contribution in [0.1, 0.15) is 23.7 Å². The highest BCUT2D eigenvalue weighted by Gasteiger charge is 2.24. The second-order valence-electron chi connectivity index (χ2n) is 7.57. The van der Waals surface area contributed by atoms with Crippen LogP contribution in [0.2, 0.25) is 0 Å². The van der Waals surface area contributed by atoms with E-state index < -0.39 is 6.04 Å². The first-order valence-electron chi connectivity index (χ1n) is 10.6. The summed E-state index contributed by atoms with van der Waals surface area (Å²) >= 11 is 0. The Morgan fingerprint density at radius 1 is 1.12 bits per heavy atom. The first-order valence-corrected chi connectivity index (χ1v) is 10.6. The minimum Gasteiger partial charge on any atom is -0.361 e. The van der Waals surface area contributed by atoms with Crippen molar-refractivity contribution in [3.63, 3.8) is 0 Å². The number of carbonyl (C=O) groups is 2. The van der Waals surface area contributed by atoms with Crippen molar-refractivity contribution >= 4 is 39.3 Å². The van der Waals surface area contributed by atoms with Gasteiger partial charge in [0.2, 0.25) is 5.91 Å². The Labute approximate surface area is 191 Å². The predicted octanol–water partition coefficient (Wildman–Crippen LogP) is 4.86. The molecule has 2 aromatic heterocycles. The third-order valence-corrected chi connectivity index (χ3v) is 5.41. The van der Waals surface area contributed by atoms with Gasteiger partial charge in [-0.15, -0.1) is 0 Å². The standard InChI is InChI=1S/C26H25N5O2/c1-3-5-8-17(4-2)15-24(26(33)29-22-11-7-12-23-20(22)16-28-31-23)30-25(32)19-9-6-10-21-18(19)13-14-27-21/h3-14,16,24,27H,2,15H2,1H3,(H,28,31)(H,29,33)(H,30,32)/b5-3-,17-8+. The van der Waals surface area contributed by atoms with Gasteiger partial charge in [-0.25, -0.2) is 0 Å². The molecule has 2 heterocycles. The van der Waals surface area contributed by atoms with Crippen molar-refractivity contribution in [2.24, 2.45) is 0 Å². The smallest absolute Gasteiger partial charge is 0.252 e. The number of hydrogen-bond donors (Lipinski definition) is 4. The van der Waals surface area contributed by atoms with Crippen molar-refractivity contribution in [2.45, 2.75) is 19.4 Å². The lowest BCUT2D eigenvalue weighted by atomic mass is 10.0. The van der Waals surface area contributed by atoms with E-state index in [2.05, 4.69) is 32.4 Å². The summed E-state index contributed by atoms with van der Waals surface area (Å²) in [4.78, 5) is 29.6. The molecule has 0 aliphatic rings. The number of hydrogen-bond acceptors (Lipinski definition) is 3. The Balaban J connectivity index is 1.63. The molecule has 0 saturated carbocycles. The molecule has 2 aromatic carbocycles. The van der Waals surface area contributed by atoms with E-state index in [1.165, 1.54) is 0 Å². The van der Waals surface area contributed by atoms with Gasteiger partial charge in [0, 0.05) is 34.5 Å². The number of carbonyl (C=O) groups excluding carboxylic acids is 2. The van der Waals surface area contributed by atoms with E-state index in [1.54, 1.807) is 30.6 Å². The fourth-order valence-electron chi connectivity index (χ4n) is 3.70. The Morgan fingerprint density at radius 3 is 2.76 bits per heavy atom. The van der Waals surface area contributed by atoms with Crippen molar-refractivity contribution in [2.75, 3.05) is 5.32 Å². The van der Waals surface area contributed by atoms with E-state index in [0.29, 0.717) is 11.3 Å². The highest BCUT2D eigenvalue weighted by Crippen LogP contribution is 2.22. The highest BCUT2D eigenvalue weighted by molar-refractivity contribution is 6.09. The molecule has 7 heteroatoms. The van der Waals surface area contributed by atoms with Crippen LogP contribution < -0.4 is 10.6 Å². The van der Waals surface area contributed by atoms with Crippen molar-refractivity contribution in [3.8, 4) is 0 Å². The number of rotatable bonds is 8. The number of allylic oxidation sites excluding steroid dienone is 4. The Morgan fingerprint density at radius 2 is 1.94 bits per heavy atom. The summed E-state index contributed by atoms with van der Waals surface area (Å²) in [5.41, 5.74) is 3.62. The van der Waals surface area contributed by atoms with Crippen molar-refractivity contribution in [1.82, 2.24) is 20.5 Å². The Kier molecular flexibility index (Phi) is 6.50. The van der Waals surface area contributed by atoms with E-state index in [9.17, 15) is 9.59 Å². The van der Waals surface area contributed by atoms with Crippen LogP contribution in [0.3, 0.4) is 0 Å². The Bertz CT molecular complexity index is 1380. The van der Waals surface area contributed by atoms with Gasteiger partial charge in [-0.2, -0.15) is 5.10 Å².